The fourth-order valence-electron chi connectivity index (χ4n) is 1.74. The average Bonchev–Trinajstić information content (AvgIpc) is 2.47. The number of nitrogens with zero attached hydrogens (tertiary/aromatic N) is 1. The van der Waals surface area contributed by atoms with E-state index >= 15 is 0 Å². The summed E-state index contributed by atoms with van der Waals surface area (Å²) in [6.07, 6.45) is 2.36. The highest BCUT2D eigenvalue weighted by Gasteiger charge is 2.16. The van der Waals surface area contributed by atoms with Crippen molar-refractivity contribution in [2.45, 2.75) is 64.5 Å². The summed E-state index contributed by atoms with van der Waals surface area (Å²) in [6, 6.07) is -0.705. The van der Waals surface area contributed by atoms with Crippen molar-refractivity contribution >= 4 is 12.1 Å². The summed E-state index contributed by atoms with van der Waals surface area (Å²) in [5.74, 6) is -0.480. The zero-order valence-corrected chi connectivity index (χ0v) is 15.2. The number of esters is 1. The number of carbonyl (C=O) groups is 2. The molecule has 0 aromatic rings. The van der Waals surface area contributed by atoms with Crippen LogP contribution in [0.2, 0.25) is 0 Å². The van der Waals surface area contributed by atoms with E-state index in [-0.39, 0.29) is 18.6 Å². The van der Waals surface area contributed by atoms with E-state index < -0.39 is 23.7 Å². The second kappa shape index (κ2) is 12.8. The van der Waals surface area contributed by atoms with Gasteiger partial charge in [-0.1, -0.05) is 0 Å². The second-order valence-electron chi connectivity index (χ2n) is 6.49. The normalized spacial score (nSPS) is 12.8. The molecule has 1 atom stereocenters. The molecule has 0 aliphatic carbocycles. The fraction of sp³-hybridized carbons (Fsp3) is 0.867. The topological polar surface area (TPSA) is 144 Å². The van der Waals surface area contributed by atoms with Crippen molar-refractivity contribution in [2.24, 2.45) is 5.73 Å². The van der Waals surface area contributed by atoms with Crippen molar-refractivity contribution < 1.29 is 34.3 Å². The number of ether oxygens (including phenoxy) is 2. The standard InChI is InChI=1S/C15H31N3O7/c1-15(2,3)25-14(20)17-9-5-4-8-12(16)13(19)23-10-6-7-11-24-18(21)22/h12,21-22H,4-11,16H2,1-3H3,(H,17,20). The van der Waals surface area contributed by atoms with Crippen LogP contribution in [0.5, 0.6) is 0 Å². The molecule has 0 rings (SSSR count). The minimum Gasteiger partial charge on any atom is -0.465 e. The summed E-state index contributed by atoms with van der Waals surface area (Å²) in [5, 5.41) is 18.9. The van der Waals surface area contributed by atoms with E-state index in [4.69, 9.17) is 25.6 Å². The molecule has 148 valence electrons. The second-order valence-corrected chi connectivity index (χ2v) is 6.49. The summed E-state index contributed by atoms with van der Waals surface area (Å²) >= 11 is 0. The van der Waals surface area contributed by atoms with Crippen LogP contribution in [0.1, 0.15) is 52.9 Å². The Labute approximate surface area is 148 Å². The Morgan fingerprint density at radius 3 is 2.36 bits per heavy atom. The molecule has 1 amide bonds. The predicted molar refractivity (Wildman–Crippen MR) is 87.6 cm³/mol. The monoisotopic (exact) mass is 365 g/mol. The minimum atomic E-state index is -0.705. The summed E-state index contributed by atoms with van der Waals surface area (Å²) in [5.41, 5.74) is 5.21. The molecule has 0 fully saturated rings. The van der Waals surface area contributed by atoms with Gasteiger partial charge in [-0.25, -0.2) is 4.79 Å². The first-order chi connectivity index (χ1) is 11.6. The smallest absolute Gasteiger partial charge is 0.407 e. The van der Waals surface area contributed by atoms with E-state index in [0.717, 1.165) is 0 Å². The molecule has 0 saturated heterocycles. The van der Waals surface area contributed by atoms with E-state index in [9.17, 15) is 9.59 Å². The molecular weight excluding hydrogens is 334 g/mol. The number of rotatable bonds is 12. The summed E-state index contributed by atoms with van der Waals surface area (Å²) < 4.78 is 10.1. The molecule has 0 aliphatic heterocycles. The van der Waals surface area contributed by atoms with Crippen LogP contribution >= 0.6 is 0 Å². The van der Waals surface area contributed by atoms with Gasteiger partial charge in [0.15, 0.2) is 0 Å². The number of amides is 1. The van der Waals surface area contributed by atoms with E-state index in [2.05, 4.69) is 10.2 Å². The molecule has 0 aromatic heterocycles. The first kappa shape index (κ1) is 23.5. The number of alkyl carbamates (subject to hydrolysis) is 1. The van der Waals surface area contributed by atoms with Crippen molar-refractivity contribution in [3.63, 3.8) is 0 Å². The van der Waals surface area contributed by atoms with Crippen LogP contribution in [0.15, 0.2) is 0 Å². The Bertz CT molecular complexity index is 386. The first-order valence-corrected chi connectivity index (χ1v) is 8.31. The Balaban J connectivity index is 3.60. The van der Waals surface area contributed by atoms with Gasteiger partial charge in [0.2, 0.25) is 0 Å². The number of unbranched alkanes of at least 4 members (excludes halogenated alkanes) is 2. The number of carbonyl (C=O) groups excluding carboxylic acids is 2. The highest BCUT2D eigenvalue weighted by molar-refractivity contribution is 5.75. The van der Waals surface area contributed by atoms with Gasteiger partial charge in [-0.15, -0.1) is 0 Å². The van der Waals surface area contributed by atoms with Gasteiger partial charge in [-0.05, 0) is 52.9 Å². The lowest BCUT2D eigenvalue weighted by Gasteiger charge is -2.19. The number of hydrogen-bond donors (Lipinski definition) is 4. The van der Waals surface area contributed by atoms with Crippen molar-refractivity contribution in [1.29, 1.82) is 0 Å². The van der Waals surface area contributed by atoms with E-state index in [0.29, 0.717) is 38.6 Å². The Hall–Kier alpha value is -1.46. The Morgan fingerprint density at radius 1 is 1.12 bits per heavy atom. The van der Waals surface area contributed by atoms with Gasteiger partial charge in [-0.2, -0.15) is 0 Å². The average molecular weight is 365 g/mol. The van der Waals surface area contributed by atoms with E-state index in [1.54, 1.807) is 20.8 Å². The fourth-order valence-corrected chi connectivity index (χ4v) is 1.74. The first-order valence-electron chi connectivity index (χ1n) is 8.31. The van der Waals surface area contributed by atoms with Crippen molar-refractivity contribution in [3.8, 4) is 0 Å². The SMILES string of the molecule is CC(C)(C)OC(=O)NCCCCC(N)C(=O)OCCCCON(O)O. The lowest BCUT2D eigenvalue weighted by atomic mass is 10.1. The molecule has 0 saturated carbocycles. The third-order valence-corrected chi connectivity index (χ3v) is 2.90. The van der Waals surface area contributed by atoms with Crippen LogP contribution in [0, 0.1) is 0 Å². The third kappa shape index (κ3) is 15.8. The summed E-state index contributed by atoms with van der Waals surface area (Å²) in [7, 11) is 0. The van der Waals surface area contributed by atoms with Crippen LogP contribution in [0.3, 0.4) is 0 Å². The molecule has 10 nitrogen and oxygen atoms in total. The molecular formula is C15H31N3O7. The molecule has 0 heterocycles. The number of nitrogens with two attached hydrogens (primary N) is 1. The molecule has 1 unspecified atom stereocenters. The summed E-state index contributed by atoms with van der Waals surface area (Å²) in [4.78, 5) is 27.4. The van der Waals surface area contributed by atoms with Gasteiger partial charge in [0.1, 0.15) is 11.6 Å². The van der Waals surface area contributed by atoms with Crippen LogP contribution < -0.4 is 11.1 Å². The van der Waals surface area contributed by atoms with Gasteiger partial charge >= 0.3 is 12.1 Å². The van der Waals surface area contributed by atoms with Crippen LogP contribution in [-0.2, 0) is 19.1 Å². The maximum atomic E-state index is 11.7. The highest BCUT2D eigenvalue weighted by atomic mass is 17.1. The maximum absolute atomic E-state index is 11.7. The summed E-state index contributed by atoms with van der Waals surface area (Å²) in [6.45, 7) is 6.10. The van der Waals surface area contributed by atoms with Gasteiger partial charge in [0.05, 0.1) is 18.6 Å². The zero-order chi connectivity index (χ0) is 19.3. The molecule has 0 aromatic carbocycles. The van der Waals surface area contributed by atoms with Crippen molar-refractivity contribution in [1.82, 2.24) is 10.7 Å². The lowest BCUT2D eigenvalue weighted by molar-refractivity contribution is -0.492. The lowest BCUT2D eigenvalue weighted by Crippen LogP contribution is -2.34. The molecule has 0 bridgehead atoms. The van der Waals surface area contributed by atoms with E-state index in [1.165, 1.54) is 0 Å². The predicted octanol–water partition coefficient (Wildman–Crippen LogP) is 1.34. The molecule has 0 spiro atoms. The van der Waals surface area contributed by atoms with Crippen molar-refractivity contribution in [2.75, 3.05) is 19.8 Å². The van der Waals surface area contributed by atoms with Crippen LogP contribution in [0.4, 0.5) is 4.79 Å². The Morgan fingerprint density at radius 2 is 1.76 bits per heavy atom. The third-order valence-electron chi connectivity index (χ3n) is 2.90. The molecule has 5 N–H and O–H groups in total. The molecule has 25 heavy (non-hydrogen) atoms. The van der Waals surface area contributed by atoms with Crippen molar-refractivity contribution in [3.05, 3.63) is 0 Å². The number of hydrogen-bond acceptors (Lipinski definition) is 9. The van der Waals surface area contributed by atoms with E-state index in [1.807, 2.05) is 0 Å². The zero-order valence-electron chi connectivity index (χ0n) is 15.2. The quantitative estimate of drug-likeness (QED) is 0.229. The molecule has 0 radical (unpaired) electrons. The van der Waals surface area contributed by atoms with Gasteiger partial charge in [0.25, 0.3) is 0 Å². The van der Waals surface area contributed by atoms with Gasteiger partial charge < -0.3 is 20.5 Å². The van der Waals surface area contributed by atoms with Gasteiger partial charge in [0, 0.05) is 6.54 Å². The maximum Gasteiger partial charge on any atom is 0.407 e. The largest absolute Gasteiger partial charge is 0.465 e. The highest BCUT2D eigenvalue weighted by Crippen LogP contribution is 2.06. The molecule has 0 aliphatic rings. The van der Waals surface area contributed by atoms with Crippen LogP contribution in [0.25, 0.3) is 0 Å². The minimum absolute atomic E-state index is 0.0985. The van der Waals surface area contributed by atoms with Gasteiger partial charge in [-0.3, -0.25) is 20.0 Å². The molecule has 10 heteroatoms. The Kier molecular flexibility index (Phi) is 12.1. The number of nitrogens with one attached hydrogen (secondary N) is 1. The van der Waals surface area contributed by atoms with Crippen LogP contribution in [-0.4, -0.2) is 59.3 Å².